The van der Waals surface area contributed by atoms with Crippen LogP contribution in [0, 0.1) is 13.8 Å². The highest BCUT2D eigenvalue weighted by atomic mass is 35.5. The maximum atomic E-state index is 12.8. The minimum Gasteiger partial charge on any atom is -0.337 e. The van der Waals surface area contributed by atoms with Crippen LogP contribution in [0.1, 0.15) is 28.5 Å². The first-order chi connectivity index (χ1) is 11.0. The number of halogens is 1. The summed E-state index contributed by atoms with van der Waals surface area (Å²) >= 11 is 6.11. The molecule has 5 heteroatoms. The van der Waals surface area contributed by atoms with Crippen molar-refractivity contribution < 1.29 is 4.79 Å². The minimum absolute atomic E-state index is 0.154. The van der Waals surface area contributed by atoms with Crippen molar-refractivity contribution in [1.29, 1.82) is 0 Å². The van der Waals surface area contributed by atoms with E-state index in [-0.39, 0.29) is 5.91 Å². The highest BCUT2D eigenvalue weighted by Gasteiger charge is 2.20. The van der Waals surface area contributed by atoms with Gasteiger partial charge in [0.25, 0.3) is 5.91 Å². The standard InChI is InChI=1S/C18H18ClN3O/c1-4-22-15-8-7-13(19)10-14(15)12(3)16(22)18(23)21-17-11(2)6-5-9-20-17/h5-10H,4H2,1-3H3,(H,20,21,23). The van der Waals surface area contributed by atoms with Crippen molar-refractivity contribution in [2.24, 2.45) is 0 Å². The lowest BCUT2D eigenvalue weighted by Gasteiger charge is -2.10. The van der Waals surface area contributed by atoms with E-state index < -0.39 is 0 Å². The second kappa shape index (κ2) is 6.05. The van der Waals surface area contributed by atoms with Gasteiger partial charge in [-0.2, -0.15) is 0 Å². The zero-order valence-corrected chi connectivity index (χ0v) is 14.1. The molecule has 1 aromatic carbocycles. The monoisotopic (exact) mass is 327 g/mol. The Hall–Kier alpha value is -2.33. The maximum absolute atomic E-state index is 12.8. The van der Waals surface area contributed by atoms with Gasteiger partial charge in [-0.3, -0.25) is 4.79 Å². The fourth-order valence-electron chi connectivity index (χ4n) is 2.90. The number of hydrogen-bond donors (Lipinski definition) is 1. The van der Waals surface area contributed by atoms with Crippen molar-refractivity contribution >= 4 is 34.2 Å². The molecule has 0 aliphatic carbocycles. The molecule has 3 rings (SSSR count). The van der Waals surface area contributed by atoms with Crippen LogP contribution in [-0.4, -0.2) is 15.5 Å². The van der Waals surface area contributed by atoms with E-state index >= 15 is 0 Å². The number of aromatic nitrogens is 2. The fraction of sp³-hybridized carbons (Fsp3) is 0.222. The van der Waals surface area contributed by atoms with Gasteiger partial charge in [-0.1, -0.05) is 17.7 Å². The van der Waals surface area contributed by atoms with E-state index in [1.807, 2.05) is 55.7 Å². The summed E-state index contributed by atoms with van der Waals surface area (Å²) in [6, 6.07) is 9.48. The smallest absolute Gasteiger partial charge is 0.273 e. The molecule has 118 valence electrons. The molecule has 0 saturated carbocycles. The number of benzene rings is 1. The van der Waals surface area contributed by atoms with Gasteiger partial charge in [0.2, 0.25) is 0 Å². The Morgan fingerprint density at radius 3 is 2.78 bits per heavy atom. The van der Waals surface area contributed by atoms with E-state index in [1.54, 1.807) is 6.20 Å². The van der Waals surface area contributed by atoms with Crippen LogP contribution in [-0.2, 0) is 6.54 Å². The molecule has 0 atom stereocenters. The fourth-order valence-corrected chi connectivity index (χ4v) is 3.07. The van der Waals surface area contributed by atoms with Crippen LogP contribution in [0.4, 0.5) is 5.82 Å². The largest absolute Gasteiger partial charge is 0.337 e. The zero-order chi connectivity index (χ0) is 16.6. The van der Waals surface area contributed by atoms with Gasteiger partial charge < -0.3 is 9.88 Å². The molecule has 1 amide bonds. The quantitative estimate of drug-likeness (QED) is 0.765. The third kappa shape index (κ3) is 2.70. The molecule has 3 aromatic rings. The minimum atomic E-state index is -0.154. The van der Waals surface area contributed by atoms with Gasteiger partial charge in [-0.05, 0) is 56.2 Å². The first kappa shape index (κ1) is 15.6. The van der Waals surface area contributed by atoms with Crippen LogP contribution in [0.25, 0.3) is 10.9 Å². The second-order valence-electron chi connectivity index (χ2n) is 5.50. The summed E-state index contributed by atoms with van der Waals surface area (Å²) in [5.41, 5.74) is 3.52. The lowest BCUT2D eigenvalue weighted by Crippen LogP contribution is -2.19. The molecule has 0 aliphatic rings. The average molecular weight is 328 g/mol. The van der Waals surface area contributed by atoms with E-state index in [1.165, 1.54) is 0 Å². The summed E-state index contributed by atoms with van der Waals surface area (Å²) in [6.07, 6.45) is 1.67. The van der Waals surface area contributed by atoms with E-state index in [0.29, 0.717) is 23.1 Å². The van der Waals surface area contributed by atoms with Crippen molar-refractivity contribution in [3.63, 3.8) is 0 Å². The molecule has 0 saturated heterocycles. The van der Waals surface area contributed by atoms with Crippen molar-refractivity contribution in [3.8, 4) is 0 Å². The molecule has 2 aromatic heterocycles. The summed E-state index contributed by atoms with van der Waals surface area (Å²) in [4.78, 5) is 17.1. The number of nitrogens with one attached hydrogen (secondary N) is 1. The number of carbonyl (C=O) groups excluding carboxylic acids is 1. The van der Waals surface area contributed by atoms with E-state index in [4.69, 9.17) is 11.6 Å². The third-order valence-corrected chi connectivity index (χ3v) is 4.29. The van der Waals surface area contributed by atoms with Gasteiger partial charge in [0.05, 0.1) is 0 Å². The molecular weight excluding hydrogens is 310 g/mol. The highest BCUT2D eigenvalue weighted by Crippen LogP contribution is 2.29. The predicted molar refractivity (Wildman–Crippen MR) is 94.3 cm³/mol. The normalized spacial score (nSPS) is 11.0. The number of nitrogens with zero attached hydrogens (tertiary/aromatic N) is 2. The molecule has 1 N–H and O–H groups in total. The summed E-state index contributed by atoms with van der Waals surface area (Å²) in [7, 11) is 0. The van der Waals surface area contributed by atoms with E-state index in [2.05, 4.69) is 10.3 Å². The van der Waals surface area contributed by atoms with Gasteiger partial charge in [0.1, 0.15) is 11.5 Å². The summed E-state index contributed by atoms with van der Waals surface area (Å²) < 4.78 is 2.01. The number of anilines is 1. The van der Waals surface area contributed by atoms with Crippen LogP contribution in [0.3, 0.4) is 0 Å². The van der Waals surface area contributed by atoms with Gasteiger partial charge in [0, 0.05) is 28.7 Å². The summed E-state index contributed by atoms with van der Waals surface area (Å²) in [6.45, 7) is 6.60. The number of aryl methyl sites for hydroxylation is 3. The van der Waals surface area contributed by atoms with Crippen LogP contribution in [0.5, 0.6) is 0 Å². The Labute approximate surface area is 140 Å². The van der Waals surface area contributed by atoms with Crippen molar-refractivity contribution in [2.75, 3.05) is 5.32 Å². The first-order valence-corrected chi connectivity index (χ1v) is 7.92. The highest BCUT2D eigenvalue weighted by molar-refractivity contribution is 6.31. The van der Waals surface area contributed by atoms with Crippen molar-refractivity contribution in [2.45, 2.75) is 27.3 Å². The Morgan fingerprint density at radius 1 is 1.30 bits per heavy atom. The SMILES string of the molecule is CCn1c(C(=O)Nc2ncccc2C)c(C)c2cc(Cl)ccc21. The van der Waals surface area contributed by atoms with Crippen molar-refractivity contribution in [3.05, 3.63) is 58.4 Å². The molecule has 0 radical (unpaired) electrons. The van der Waals surface area contributed by atoms with E-state index in [0.717, 1.165) is 22.0 Å². The van der Waals surface area contributed by atoms with Gasteiger partial charge >= 0.3 is 0 Å². The molecule has 0 aliphatic heterocycles. The second-order valence-corrected chi connectivity index (χ2v) is 5.94. The number of amides is 1. The zero-order valence-electron chi connectivity index (χ0n) is 13.4. The third-order valence-electron chi connectivity index (χ3n) is 4.05. The lowest BCUT2D eigenvalue weighted by molar-refractivity contribution is 0.101. The van der Waals surface area contributed by atoms with Gasteiger partial charge in [-0.25, -0.2) is 4.98 Å². The predicted octanol–water partition coefficient (Wildman–Crippen LogP) is 4.58. The molecule has 23 heavy (non-hydrogen) atoms. The van der Waals surface area contributed by atoms with Crippen molar-refractivity contribution in [1.82, 2.24) is 9.55 Å². The lowest BCUT2D eigenvalue weighted by atomic mass is 10.1. The molecule has 0 bridgehead atoms. The topological polar surface area (TPSA) is 46.9 Å². The molecule has 2 heterocycles. The van der Waals surface area contributed by atoms with Crippen LogP contribution in [0.15, 0.2) is 36.5 Å². The van der Waals surface area contributed by atoms with E-state index in [9.17, 15) is 4.79 Å². The first-order valence-electron chi connectivity index (χ1n) is 7.54. The summed E-state index contributed by atoms with van der Waals surface area (Å²) in [5, 5.41) is 4.58. The molecule has 4 nitrogen and oxygen atoms in total. The summed E-state index contributed by atoms with van der Waals surface area (Å²) in [5.74, 6) is 0.432. The molecular formula is C18H18ClN3O. The number of pyridine rings is 1. The molecule has 0 fully saturated rings. The molecule has 0 spiro atoms. The number of carbonyl (C=O) groups is 1. The van der Waals surface area contributed by atoms with Crippen LogP contribution >= 0.6 is 11.6 Å². The number of hydrogen-bond acceptors (Lipinski definition) is 2. The Morgan fingerprint density at radius 2 is 2.09 bits per heavy atom. The van der Waals surface area contributed by atoms with Gasteiger partial charge in [-0.15, -0.1) is 0 Å². The van der Waals surface area contributed by atoms with Crippen LogP contribution in [0.2, 0.25) is 5.02 Å². The Balaban J connectivity index is 2.10. The maximum Gasteiger partial charge on any atom is 0.273 e. The Bertz CT molecular complexity index is 899. The molecule has 0 unspecified atom stereocenters. The van der Waals surface area contributed by atoms with Gasteiger partial charge in [0.15, 0.2) is 0 Å². The number of rotatable bonds is 3. The average Bonchev–Trinajstić information content (AvgIpc) is 2.81. The Kier molecular flexibility index (Phi) is 4.09. The van der Waals surface area contributed by atoms with Crippen LogP contribution < -0.4 is 5.32 Å². The number of fused-ring (bicyclic) bond motifs is 1.